The maximum atomic E-state index is 6.45. The van der Waals surface area contributed by atoms with Gasteiger partial charge in [0.15, 0.2) is 6.29 Å². The number of benzene rings is 2. The predicted molar refractivity (Wildman–Crippen MR) is 96.5 cm³/mol. The molecule has 0 aromatic heterocycles. The molecule has 1 aliphatic heterocycles. The summed E-state index contributed by atoms with van der Waals surface area (Å²) in [6.07, 6.45) is 1.55. The molecule has 1 fully saturated rings. The van der Waals surface area contributed by atoms with Crippen LogP contribution in [-0.4, -0.2) is 27.6 Å². The van der Waals surface area contributed by atoms with Gasteiger partial charge in [0.1, 0.15) is 5.75 Å². The molecule has 134 valence electrons. The first kappa shape index (κ1) is 17.9. The van der Waals surface area contributed by atoms with Crippen LogP contribution in [-0.2, 0) is 14.2 Å². The molecule has 0 unspecified atom stereocenters. The van der Waals surface area contributed by atoms with E-state index in [-0.39, 0.29) is 24.4 Å². The van der Waals surface area contributed by atoms with Gasteiger partial charge in [-0.3, -0.25) is 0 Å². The Kier molecular flexibility index (Phi) is 6.08. The third-order valence-corrected chi connectivity index (χ3v) is 4.87. The lowest BCUT2D eigenvalue weighted by atomic mass is 9.86. The van der Waals surface area contributed by atoms with Gasteiger partial charge >= 0.3 is 0 Å². The number of ether oxygens (including phenoxy) is 4. The van der Waals surface area contributed by atoms with Crippen LogP contribution in [0.4, 0.5) is 0 Å². The Morgan fingerprint density at radius 2 is 1.36 bits per heavy atom. The lowest BCUT2D eigenvalue weighted by Gasteiger charge is -2.38. The van der Waals surface area contributed by atoms with Crippen molar-refractivity contribution in [3.63, 3.8) is 0 Å². The Morgan fingerprint density at radius 1 is 0.800 bits per heavy atom. The fourth-order valence-corrected chi connectivity index (χ4v) is 3.57. The van der Waals surface area contributed by atoms with E-state index >= 15 is 0 Å². The highest BCUT2D eigenvalue weighted by atomic mass is 16.7. The molecule has 1 saturated heterocycles. The minimum Gasteiger partial charge on any atom is -0.497 e. The summed E-state index contributed by atoms with van der Waals surface area (Å²) in [5.74, 6) is 1.11. The Bertz CT molecular complexity index is 637. The first-order valence-electron chi connectivity index (χ1n) is 8.65. The molecule has 0 saturated carbocycles. The molecule has 25 heavy (non-hydrogen) atoms. The second-order valence-electron chi connectivity index (χ2n) is 6.37. The summed E-state index contributed by atoms with van der Waals surface area (Å²) in [4.78, 5) is 0. The second-order valence-corrected chi connectivity index (χ2v) is 6.37. The molecule has 0 bridgehead atoms. The highest BCUT2D eigenvalue weighted by Gasteiger charge is 2.35. The average molecular weight is 342 g/mol. The van der Waals surface area contributed by atoms with Crippen molar-refractivity contribution in [1.82, 2.24) is 0 Å². The lowest BCUT2D eigenvalue weighted by Crippen LogP contribution is -2.33. The third-order valence-electron chi connectivity index (χ3n) is 4.87. The molecule has 3 rings (SSSR count). The molecule has 1 heterocycles. The largest absolute Gasteiger partial charge is 0.497 e. The molecular weight excluding hydrogens is 316 g/mol. The second kappa shape index (κ2) is 8.48. The summed E-state index contributed by atoms with van der Waals surface area (Å²) in [5.41, 5.74) is 2.34. The third kappa shape index (κ3) is 4.21. The summed E-state index contributed by atoms with van der Waals surface area (Å²) in [5, 5.41) is 0. The van der Waals surface area contributed by atoms with E-state index in [9.17, 15) is 0 Å². The Balaban J connectivity index is 1.85. The number of rotatable bonds is 6. The molecular formula is C21H26O4. The van der Waals surface area contributed by atoms with Crippen molar-refractivity contribution >= 4 is 0 Å². The van der Waals surface area contributed by atoms with Gasteiger partial charge in [-0.25, -0.2) is 0 Å². The van der Waals surface area contributed by atoms with E-state index in [0.717, 1.165) is 24.2 Å². The number of methoxy groups -OCH3 is 3. The smallest absolute Gasteiger partial charge is 0.159 e. The van der Waals surface area contributed by atoms with E-state index in [1.54, 1.807) is 21.3 Å². The summed E-state index contributed by atoms with van der Waals surface area (Å²) < 4.78 is 22.8. The van der Waals surface area contributed by atoms with E-state index in [0.29, 0.717) is 0 Å². The van der Waals surface area contributed by atoms with Crippen molar-refractivity contribution in [3.8, 4) is 5.75 Å². The number of hydrogen-bond donors (Lipinski definition) is 0. The zero-order chi connectivity index (χ0) is 17.6. The highest BCUT2D eigenvalue weighted by Crippen LogP contribution is 2.43. The minimum atomic E-state index is -0.226. The normalized spacial score (nSPS) is 23.6. The molecule has 3 atom stereocenters. The van der Waals surface area contributed by atoms with E-state index in [1.165, 1.54) is 5.56 Å². The van der Waals surface area contributed by atoms with E-state index in [1.807, 2.05) is 18.2 Å². The highest BCUT2D eigenvalue weighted by molar-refractivity contribution is 5.29. The maximum Gasteiger partial charge on any atom is 0.159 e. The van der Waals surface area contributed by atoms with Crippen LogP contribution in [0.25, 0.3) is 0 Å². The van der Waals surface area contributed by atoms with E-state index < -0.39 is 0 Å². The van der Waals surface area contributed by atoms with Gasteiger partial charge in [-0.1, -0.05) is 42.5 Å². The van der Waals surface area contributed by atoms with Crippen LogP contribution < -0.4 is 4.74 Å². The van der Waals surface area contributed by atoms with E-state index in [4.69, 9.17) is 18.9 Å². The van der Waals surface area contributed by atoms with Crippen LogP contribution in [0, 0.1) is 5.92 Å². The van der Waals surface area contributed by atoms with Crippen molar-refractivity contribution in [3.05, 3.63) is 65.7 Å². The first-order valence-corrected chi connectivity index (χ1v) is 8.65. The van der Waals surface area contributed by atoms with Crippen LogP contribution in [0.1, 0.15) is 36.2 Å². The molecule has 1 aliphatic rings. The SMILES string of the molecule is COc1ccc([C@@H]2C[C@H](C(OC)OC)C[C@H](c3ccccc3)O2)cc1. The van der Waals surface area contributed by atoms with Crippen molar-refractivity contribution in [2.45, 2.75) is 31.3 Å². The number of hydrogen-bond acceptors (Lipinski definition) is 4. The van der Waals surface area contributed by atoms with Gasteiger partial charge in [-0.05, 0) is 36.1 Å². The summed E-state index contributed by atoms with van der Waals surface area (Å²) in [6.45, 7) is 0. The molecule has 0 aliphatic carbocycles. The van der Waals surface area contributed by atoms with E-state index in [2.05, 4.69) is 36.4 Å². The topological polar surface area (TPSA) is 36.9 Å². The van der Waals surface area contributed by atoms with Gasteiger partial charge in [0.05, 0.1) is 19.3 Å². The Hall–Kier alpha value is -1.88. The van der Waals surface area contributed by atoms with Gasteiger partial charge in [0, 0.05) is 20.1 Å². The molecule has 4 nitrogen and oxygen atoms in total. The lowest BCUT2D eigenvalue weighted by molar-refractivity contribution is -0.181. The Morgan fingerprint density at radius 3 is 1.88 bits per heavy atom. The van der Waals surface area contributed by atoms with Crippen LogP contribution in [0.3, 0.4) is 0 Å². The van der Waals surface area contributed by atoms with Gasteiger partial charge in [0.2, 0.25) is 0 Å². The van der Waals surface area contributed by atoms with Crippen molar-refractivity contribution in [2.24, 2.45) is 5.92 Å². The molecule has 0 spiro atoms. The summed E-state index contributed by atoms with van der Waals surface area (Å²) >= 11 is 0. The fourth-order valence-electron chi connectivity index (χ4n) is 3.57. The van der Waals surface area contributed by atoms with Crippen LogP contribution >= 0.6 is 0 Å². The van der Waals surface area contributed by atoms with Gasteiger partial charge in [-0.15, -0.1) is 0 Å². The zero-order valence-electron chi connectivity index (χ0n) is 15.1. The molecule has 2 aromatic carbocycles. The molecule has 0 radical (unpaired) electrons. The van der Waals surface area contributed by atoms with Crippen LogP contribution in [0.2, 0.25) is 0 Å². The molecule has 0 amide bonds. The van der Waals surface area contributed by atoms with Crippen molar-refractivity contribution in [2.75, 3.05) is 21.3 Å². The standard InChI is InChI=1S/C21H26O4/c1-22-18-11-9-16(10-12-18)20-14-17(21(23-2)24-3)13-19(25-20)15-7-5-4-6-8-15/h4-12,17,19-21H,13-14H2,1-3H3/t17-,19-,20+/m1/s1. The molecule has 4 heteroatoms. The van der Waals surface area contributed by atoms with Gasteiger partial charge in [0.25, 0.3) is 0 Å². The average Bonchev–Trinajstić information content (AvgIpc) is 2.69. The zero-order valence-corrected chi connectivity index (χ0v) is 15.1. The molecule has 0 N–H and O–H groups in total. The van der Waals surface area contributed by atoms with Crippen LogP contribution in [0.5, 0.6) is 5.75 Å². The van der Waals surface area contributed by atoms with Crippen LogP contribution in [0.15, 0.2) is 54.6 Å². The summed E-state index contributed by atoms with van der Waals surface area (Å²) in [7, 11) is 5.07. The first-order chi connectivity index (χ1) is 12.2. The van der Waals surface area contributed by atoms with Gasteiger partial charge < -0.3 is 18.9 Å². The maximum absolute atomic E-state index is 6.45. The Labute approximate surface area is 149 Å². The van der Waals surface area contributed by atoms with Gasteiger partial charge in [-0.2, -0.15) is 0 Å². The van der Waals surface area contributed by atoms with Crippen molar-refractivity contribution < 1.29 is 18.9 Å². The predicted octanol–water partition coefficient (Wildman–Crippen LogP) is 4.52. The molecule has 2 aromatic rings. The fraction of sp³-hybridized carbons (Fsp3) is 0.429. The van der Waals surface area contributed by atoms with Crippen molar-refractivity contribution in [1.29, 1.82) is 0 Å². The minimum absolute atomic E-state index is 0.00247. The summed E-state index contributed by atoms with van der Waals surface area (Å²) in [6, 6.07) is 18.5. The quantitative estimate of drug-likeness (QED) is 0.723. The monoisotopic (exact) mass is 342 g/mol.